The van der Waals surface area contributed by atoms with Crippen molar-refractivity contribution in [3.63, 3.8) is 0 Å². The molecule has 1 heterocycles. The summed E-state index contributed by atoms with van der Waals surface area (Å²) in [5.41, 5.74) is 4.33. The molecule has 0 aromatic heterocycles. The van der Waals surface area contributed by atoms with Crippen molar-refractivity contribution in [1.29, 1.82) is 0 Å². The molecule has 3 aromatic rings. The van der Waals surface area contributed by atoms with Crippen molar-refractivity contribution in [3.05, 3.63) is 83.4 Å². The van der Waals surface area contributed by atoms with Gasteiger partial charge in [0.25, 0.3) is 0 Å². The van der Waals surface area contributed by atoms with E-state index in [2.05, 4.69) is 39.4 Å². The molecule has 1 saturated heterocycles. The topological polar surface area (TPSA) is 44.8 Å². The first-order valence-electron chi connectivity index (χ1n) is 13.4. The second kappa shape index (κ2) is 14.1. The summed E-state index contributed by atoms with van der Waals surface area (Å²) in [6.07, 6.45) is 3.67. The van der Waals surface area contributed by atoms with Crippen LogP contribution in [0.15, 0.2) is 72.8 Å². The van der Waals surface area contributed by atoms with Gasteiger partial charge >= 0.3 is 0 Å². The molecule has 0 aliphatic carbocycles. The molecule has 1 aliphatic rings. The predicted molar refractivity (Wildman–Crippen MR) is 153 cm³/mol. The van der Waals surface area contributed by atoms with Crippen LogP contribution >= 0.6 is 11.6 Å². The maximum absolute atomic E-state index is 12.5. The third-order valence-electron chi connectivity index (χ3n) is 6.91. The van der Waals surface area contributed by atoms with Crippen molar-refractivity contribution in [2.45, 2.75) is 39.2 Å². The number of nitrogens with one attached hydrogen (secondary N) is 1. The van der Waals surface area contributed by atoms with E-state index < -0.39 is 0 Å². The highest BCUT2D eigenvalue weighted by Crippen LogP contribution is 2.30. The van der Waals surface area contributed by atoms with Crippen molar-refractivity contribution in [1.82, 2.24) is 10.2 Å². The van der Waals surface area contributed by atoms with Crippen molar-refractivity contribution in [3.8, 4) is 16.9 Å². The SMILES string of the molecule is CCOc1ccccc1N1CCN(CCCCCC(=O)NCc2ccccc2-c2ccccc2Cl)CC1. The van der Waals surface area contributed by atoms with E-state index in [-0.39, 0.29) is 5.91 Å². The smallest absolute Gasteiger partial charge is 0.220 e. The molecule has 0 spiro atoms. The summed E-state index contributed by atoms with van der Waals surface area (Å²) in [7, 11) is 0. The standard InChI is InChI=1S/C31H38ClN3O2/c1-2-37-30-17-10-9-16-29(30)35-22-20-34(21-23-35)19-11-3-4-18-31(36)33-24-25-12-5-6-13-26(25)27-14-7-8-15-28(27)32/h5-10,12-17H,2-4,11,18-24H2,1H3,(H,33,36). The highest BCUT2D eigenvalue weighted by Gasteiger charge is 2.19. The Morgan fingerprint density at radius 3 is 2.35 bits per heavy atom. The number of para-hydroxylation sites is 2. The second-order valence-electron chi connectivity index (χ2n) is 9.45. The van der Waals surface area contributed by atoms with Gasteiger partial charge in [0.1, 0.15) is 5.75 Å². The summed E-state index contributed by atoms with van der Waals surface area (Å²) >= 11 is 6.40. The lowest BCUT2D eigenvalue weighted by Gasteiger charge is -2.36. The van der Waals surface area contributed by atoms with E-state index >= 15 is 0 Å². The van der Waals surface area contributed by atoms with Gasteiger partial charge in [0.05, 0.1) is 12.3 Å². The number of nitrogens with zero attached hydrogens (tertiary/aromatic N) is 2. The molecule has 5 nitrogen and oxygen atoms in total. The van der Waals surface area contributed by atoms with Crippen LogP contribution in [0.3, 0.4) is 0 Å². The van der Waals surface area contributed by atoms with Crippen LogP contribution in [-0.4, -0.2) is 50.1 Å². The van der Waals surface area contributed by atoms with Gasteiger partial charge in [0.2, 0.25) is 5.91 Å². The number of anilines is 1. The Labute approximate surface area is 226 Å². The van der Waals surface area contributed by atoms with Gasteiger partial charge in [0, 0.05) is 49.7 Å². The van der Waals surface area contributed by atoms with E-state index in [4.69, 9.17) is 16.3 Å². The van der Waals surface area contributed by atoms with Gasteiger partial charge < -0.3 is 15.0 Å². The molecule has 37 heavy (non-hydrogen) atoms. The molecule has 0 atom stereocenters. The highest BCUT2D eigenvalue weighted by atomic mass is 35.5. The zero-order valence-corrected chi connectivity index (χ0v) is 22.6. The molecule has 0 radical (unpaired) electrons. The van der Waals surface area contributed by atoms with Gasteiger partial charge in [-0.15, -0.1) is 0 Å². The normalized spacial score (nSPS) is 13.9. The molecule has 196 valence electrons. The number of piperazine rings is 1. The van der Waals surface area contributed by atoms with E-state index in [0.29, 0.717) is 19.6 Å². The summed E-state index contributed by atoms with van der Waals surface area (Å²) in [5, 5.41) is 3.81. The Morgan fingerprint density at radius 1 is 0.865 bits per heavy atom. The van der Waals surface area contributed by atoms with Crippen LogP contribution in [0.2, 0.25) is 5.02 Å². The number of hydrogen-bond acceptors (Lipinski definition) is 4. The van der Waals surface area contributed by atoms with Crippen LogP contribution in [0, 0.1) is 0 Å². The number of amides is 1. The Bertz CT molecular complexity index is 1140. The molecule has 0 unspecified atom stereocenters. The summed E-state index contributed by atoms with van der Waals surface area (Å²) in [6, 6.07) is 24.3. The Morgan fingerprint density at radius 2 is 1.57 bits per heavy atom. The number of ether oxygens (including phenoxy) is 1. The van der Waals surface area contributed by atoms with E-state index in [1.54, 1.807) is 0 Å². The minimum atomic E-state index is 0.107. The Balaban J connectivity index is 1.13. The van der Waals surface area contributed by atoms with Crippen LogP contribution in [-0.2, 0) is 11.3 Å². The van der Waals surface area contributed by atoms with E-state index in [1.807, 2.05) is 55.5 Å². The minimum Gasteiger partial charge on any atom is -0.492 e. The van der Waals surface area contributed by atoms with Crippen molar-refractivity contribution >= 4 is 23.2 Å². The van der Waals surface area contributed by atoms with Crippen molar-refractivity contribution in [2.75, 3.05) is 44.2 Å². The molecule has 1 N–H and O–H groups in total. The van der Waals surface area contributed by atoms with Crippen LogP contribution < -0.4 is 15.0 Å². The molecule has 4 rings (SSSR count). The van der Waals surface area contributed by atoms with Gasteiger partial charge in [-0.2, -0.15) is 0 Å². The number of hydrogen-bond donors (Lipinski definition) is 1. The molecule has 6 heteroatoms. The molecule has 1 amide bonds. The molecule has 1 fully saturated rings. The molecular weight excluding hydrogens is 482 g/mol. The zero-order chi connectivity index (χ0) is 25.9. The average Bonchev–Trinajstić information content (AvgIpc) is 2.93. The van der Waals surface area contributed by atoms with Gasteiger partial charge in [-0.05, 0) is 55.6 Å². The lowest BCUT2D eigenvalue weighted by atomic mass is 9.99. The van der Waals surface area contributed by atoms with Crippen LogP contribution in [0.1, 0.15) is 38.2 Å². The highest BCUT2D eigenvalue weighted by molar-refractivity contribution is 6.33. The fourth-order valence-electron chi connectivity index (χ4n) is 4.91. The average molecular weight is 520 g/mol. The number of halogens is 1. The molecule has 3 aromatic carbocycles. The van der Waals surface area contributed by atoms with Crippen LogP contribution in [0.5, 0.6) is 5.75 Å². The number of rotatable bonds is 12. The monoisotopic (exact) mass is 519 g/mol. The maximum atomic E-state index is 12.5. The number of unbranched alkanes of at least 4 members (excludes halogenated alkanes) is 2. The van der Waals surface area contributed by atoms with E-state index in [1.165, 1.54) is 5.69 Å². The van der Waals surface area contributed by atoms with E-state index in [0.717, 1.165) is 79.4 Å². The number of benzene rings is 3. The van der Waals surface area contributed by atoms with Crippen molar-refractivity contribution in [2.24, 2.45) is 0 Å². The van der Waals surface area contributed by atoms with Crippen molar-refractivity contribution < 1.29 is 9.53 Å². The van der Waals surface area contributed by atoms with Gasteiger partial charge in [0.15, 0.2) is 0 Å². The first kappa shape index (κ1) is 27.0. The Hall–Kier alpha value is -3.02. The quantitative estimate of drug-likeness (QED) is 0.281. The lowest BCUT2D eigenvalue weighted by Crippen LogP contribution is -2.46. The molecule has 0 saturated carbocycles. The lowest BCUT2D eigenvalue weighted by molar-refractivity contribution is -0.121. The fourth-order valence-corrected chi connectivity index (χ4v) is 5.14. The van der Waals surface area contributed by atoms with Gasteiger partial charge in [-0.3, -0.25) is 9.69 Å². The van der Waals surface area contributed by atoms with Gasteiger partial charge in [-0.25, -0.2) is 0 Å². The summed E-state index contributed by atoms with van der Waals surface area (Å²) in [4.78, 5) is 17.4. The summed E-state index contributed by atoms with van der Waals surface area (Å²) in [6.45, 7) is 8.47. The maximum Gasteiger partial charge on any atom is 0.220 e. The van der Waals surface area contributed by atoms with Gasteiger partial charge in [-0.1, -0.05) is 72.6 Å². The molecule has 1 aliphatic heterocycles. The van der Waals surface area contributed by atoms with Crippen LogP contribution in [0.4, 0.5) is 5.69 Å². The summed E-state index contributed by atoms with van der Waals surface area (Å²) < 4.78 is 5.81. The predicted octanol–water partition coefficient (Wildman–Crippen LogP) is 6.40. The zero-order valence-electron chi connectivity index (χ0n) is 21.8. The van der Waals surface area contributed by atoms with Crippen LogP contribution in [0.25, 0.3) is 11.1 Å². The third-order valence-corrected chi connectivity index (χ3v) is 7.24. The second-order valence-corrected chi connectivity index (χ2v) is 9.86. The summed E-state index contributed by atoms with van der Waals surface area (Å²) in [5.74, 6) is 1.08. The molecule has 0 bridgehead atoms. The minimum absolute atomic E-state index is 0.107. The number of carbonyl (C=O) groups excluding carboxylic acids is 1. The first-order chi connectivity index (χ1) is 18.2. The van der Waals surface area contributed by atoms with E-state index in [9.17, 15) is 4.79 Å². The molecular formula is C31H38ClN3O2. The first-order valence-corrected chi connectivity index (χ1v) is 13.8. The number of carbonyl (C=O) groups is 1. The largest absolute Gasteiger partial charge is 0.492 e. The Kier molecular flexibility index (Phi) is 10.3. The third kappa shape index (κ3) is 7.73. The fraction of sp³-hybridized carbons (Fsp3) is 0.387.